The van der Waals surface area contributed by atoms with E-state index in [2.05, 4.69) is 33.0 Å². The highest BCUT2D eigenvalue weighted by Gasteiger charge is 2.12. The summed E-state index contributed by atoms with van der Waals surface area (Å²) in [6.45, 7) is 11.5. The van der Waals surface area contributed by atoms with E-state index in [9.17, 15) is 5.11 Å². The molecule has 14 heavy (non-hydrogen) atoms. The minimum atomic E-state index is -0.239. The van der Waals surface area contributed by atoms with E-state index in [1.54, 1.807) is 0 Å². The largest absolute Gasteiger partial charge is 0.392 e. The lowest BCUT2D eigenvalue weighted by molar-refractivity contribution is 0.180. The lowest BCUT2D eigenvalue weighted by Crippen LogP contribution is -2.36. The van der Waals surface area contributed by atoms with E-state index >= 15 is 0 Å². The highest BCUT2D eigenvalue weighted by molar-refractivity contribution is 4.71. The molecule has 0 fully saturated rings. The Kier molecular flexibility index (Phi) is 7.20. The third-order valence-electron chi connectivity index (χ3n) is 2.21. The fourth-order valence-electron chi connectivity index (χ4n) is 1.74. The molecule has 0 aliphatic heterocycles. The average Bonchev–Trinajstić information content (AvgIpc) is 1.97. The SMILES string of the molecule is CC(C)CC(CC(C)C)NCC(C)O. The Morgan fingerprint density at radius 1 is 0.929 bits per heavy atom. The maximum Gasteiger partial charge on any atom is 0.0636 e. The van der Waals surface area contributed by atoms with Gasteiger partial charge in [-0.25, -0.2) is 0 Å². The number of hydrogen-bond acceptors (Lipinski definition) is 2. The third-order valence-corrected chi connectivity index (χ3v) is 2.21. The lowest BCUT2D eigenvalue weighted by Gasteiger charge is -2.23. The summed E-state index contributed by atoms with van der Waals surface area (Å²) in [7, 11) is 0. The van der Waals surface area contributed by atoms with Crippen LogP contribution in [0.15, 0.2) is 0 Å². The van der Waals surface area contributed by atoms with Crippen molar-refractivity contribution < 1.29 is 5.11 Å². The first-order valence-electron chi connectivity index (χ1n) is 5.83. The summed E-state index contributed by atoms with van der Waals surface area (Å²) in [5.41, 5.74) is 0. The predicted molar refractivity (Wildman–Crippen MR) is 62.4 cm³/mol. The Morgan fingerprint density at radius 3 is 1.64 bits per heavy atom. The van der Waals surface area contributed by atoms with Gasteiger partial charge < -0.3 is 10.4 Å². The fourth-order valence-corrected chi connectivity index (χ4v) is 1.74. The summed E-state index contributed by atoms with van der Waals surface area (Å²) >= 11 is 0. The van der Waals surface area contributed by atoms with Crippen molar-refractivity contribution in [2.45, 2.75) is 59.6 Å². The van der Waals surface area contributed by atoms with Crippen LogP contribution in [0.4, 0.5) is 0 Å². The highest BCUT2D eigenvalue weighted by Crippen LogP contribution is 2.13. The lowest BCUT2D eigenvalue weighted by atomic mass is 9.95. The first kappa shape index (κ1) is 13.9. The van der Waals surface area contributed by atoms with Gasteiger partial charge in [0.15, 0.2) is 0 Å². The van der Waals surface area contributed by atoms with Crippen LogP contribution in [0.2, 0.25) is 0 Å². The Labute approximate surface area is 89.1 Å². The van der Waals surface area contributed by atoms with Crippen LogP contribution >= 0.6 is 0 Å². The molecule has 0 aliphatic rings. The number of rotatable bonds is 7. The molecule has 0 spiro atoms. The maximum absolute atomic E-state index is 9.21. The van der Waals surface area contributed by atoms with Crippen molar-refractivity contribution in [2.24, 2.45) is 11.8 Å². The van der Waals surface area contributed by atoms with Crippen molar-refractivity contribution in [3.63, 3.8) is 0 Å². The van der Waals surface area contributed by atoms with Crippen molar-refractivity contribution in [1.82, 2.24) is 5.32 Å². The summed E-state index contributed by atoms with van der Waals surface area (Å²) in [5, 5.41) is 12.6. The van der Waals surface area contributed by atoms with Crippen molar-refractivity contribution in [3.05, 3.63) is 0 Å². The molecule has 1 atom stereocenters. The van der Waals surface area contributed by atoms with E-state index < -0.39 is 0 Å². The van der Waals surface area contributed by atoms with Gasteiger partial charge in [0.1, 0.15) is 0 Å². The average molecular weight is 201 g/mol. The van der Waals surface area contributed by atoms with Crippen LogP contribution in [-0.4, -0.2) is 23.8 Å². The number of aliphatic hydroxyl groups excluding tert-OH is 1. The van der Waals surface area contributed by atoms with Crippen molar-refractivity contribution >= 4 is 0 Å². The van der Waals surface area contributed by atoms with Crippen LogP contribution in [-0.2, 0) is 0 Å². The van der Waals surface area contributed by atoms with Crippen LogP contribution < -0.4 is 5.32 Å². The van der Waals surface area contributed by atoms with Crippen LogP contribution in [0, 0.1) is 11.8 Å². The highest BCUT2D eigenvalue weighted by atomic mass is 16.3. The minimum absolute atomic E-state index is 0.239. The zero-order chi connectivity index (χ0) is 11.1. The molecule has 0 aromatic carbocycles. The molecule has 0 saturated carbocycles. The molecule has 0 heterocycles. The number of aliphatic hydroxyl groups is 1. The Bertz CT molecular complexity index is 122. The van der Waals surface area contributed by atoms with Crippen LogP contribution in [0.5, 0.6) is 0 Å². The van der Waals surface area contributed by atoms with Crippen molar-refractivity contribution in [1.29, 1.82) is 0 Å². The standard InChI is InChI=1S/C12H27NO/c1-9(2)6-12(7-10(3)4)13-8-11(5)14/h9-14H,6-8H2,1-5H3. The molecular weight excluding hydrogens is 174 g/mol. The molecule has 0 bridgehead atoms. The monoisotopic (exact) mass is 201 g/mol. The molecule has 0 aromatic rings. The molecule has 0 amide bonds. The van der Waals surface area contributed by atoms with Gasteiger partial charge in [-0.3, -0.25) is 0 Å². The topological polar surface area (TPSA) is 32.3 Å². The normalized spacial score (nSPS) is 14.4. The summed E-state index contributed by atoms with van der Waals surface area (Å²) in [5.74, 6) is 1.44. The molecular formula is C12H27NO. The molecule has 2 heteroatoms. The van der Waals surface area contributed by atoms with Gasteiger partial charge in [0.2, 0.25) is 0 Å². The Morgan fingerprint density at radius 2 is 1.36 bits per heavy atom. The number of nitrogens with one attached hydrogen (secondary N) is 1. The Balaban J connectivity index is 3.84. The summed E-state index contributed by atoms with van der Waals surface area (Å²) in [6.07, 6.45) is 2.16. The molecule has 1 unspecified atom stereocenters. The van der Waals surface area contributed by atoms with Gasteiger partial charge in [-0.15, -0.1) is 0 Å². The van der Waals surface area contributed by atoms with Gasteiger partial charge >= 0.3 is 0 Å². The smallest absolute Gasteiger partial charge is 0.0636 e. The van der Waals surface area contributed by atoms with Gasteiger partial charge in [-0.2, -0.15) is 0 Å². The zero-order valence-corrected chi connectivity index (χ0v) is 10.4. The number of hydrogen-bond donors (Lipinski definition) is 2. The summed E-state index contributed by atoms with van der Waals surface area (Å²) in [6, 6.07) is 0.560. The van der Waals surface area contributed by atoms with E-state index in [0.717, 1.165) is 11.8 Å². The molecule has 0 rings (SSSR count). The molecule has 0 aliphatic carbocycles. The second-order valence-corrected chi connectivity index (χ2v) is 5.21. The van der Waals surface area contributed by atoms with E-state index in [-0.39, 0.29) is 6.10 Å². The van der Waals surface area contributed by atoms with E-state index in [0.29, 0.717) is 12.6 Å². The van der Waals surface area contributed by atoms with E-state index in [4.69, 9.17) is 0 Å². The van der Waals surface area contributed by atoms with Gasteiger partial charge in [0.25, 0.3) is 0 Å². The Hall–Kier alpha value is -0.0800. The second kappa shape index (κ2) is 7.24. The van der Waals surface area contributed by atoms with Gasteiger partial charge in [0.05, 0.1) is 6.10 Å². The van der Waals surface area contributed by atoms with E-state index in [1.807, 2.05) is 6.92 Å². The second-order valence-electron chi connectivity index (χ2n) is 5.21. The molecule has 0 radical (unpaired) electrons. The molecule has 0 aromatic heterocycles. The molecule has 86 valence electrons. The zero-order valence-electron chi connectivity index (χ0n) is 10.4. The minimum Gasteiger partial charge on any atom is -0.392 e. The molecule has 2 nitrogen and oxygen atoms in total. The van der Waals surface area contributed by atoms with Crippen LogP contribution in [0.3, 0.4) is 0 Å². The first-order valence-corrected chi connectivity index (χ1v) is 5.83. The van der Waals surface area contributed by atoms with Crippen molar-refractivity contribution in [2.75, 3.05) is 6.54 Å². The third kappa shape index (κ3) is 8.52. The van der Waals surface area contributed by atoms with Gasteiger partial charge in [-0.1, -0.05) is 27.7 Å². The van der Waals surface area contributed by atoms with Crippen molar-refractivity contribution in [3.8, 4) is 0 Å². The fraction of sp³-hybridized carbons (Fsp3) is 1.00. The quantitative estimate of drug-likeness (QED) is 0.663. The summed E-state index contributed by atoms with van der Waals surface area (Å²) in [4.78, 5) is 0. The first-order chi connectivity index (χ1) is 6.41. The summed E-state index contributed by atoms with van der Waals surface area (Å²) < 4.78 is 0. The maximum atomic E-state index is 9.21. The van der Waals surface area contributed by atoms with Gasteiger partial charge in [-0.05, 0) is 31.6 Å². The van der Waals surface area contributed by atoms with Gasteiger partial charge in [0, 0.05) is 12.6 Å². The van der Waals surface area contributed by atoms with E-state index in [1.165, 1.54) is 12.8 Å². The molecule has 0 saturated heterocycles. The van der Waals surface area contributed by atoms with Crippen LogP contribution in [0.1, 0.15) is 47.5 Å². The van der Waals surface area contributed by atoms with Crippen LogP contribution in [0.25, 0.3) is 0 Å². The predicted octanol–water partition coefficient (Wildman–Crippen LogP) is 2.42. The molecule has 2 N–H and O–H groups in total.